The van der Waals surface area contributed by atoms with E-state index in [4.69, 9.17) is 0 Å². The minimum absolute atomic E-state index is 0.0624. The van der Waals surface area contributed by atoms with E-state index < -0.39 is 17.4 Å². The molecule has 2 N–H and O–H groups in total. The van der Waals surface area contributed by atoms with Gasteiger partial charge in [0.1, 0.15) is 0 Å². The Hall–Kier alpha value is -4.34. The smallest absolute Gasteiger partial charge is 0.279 e. The number of carbonyl (C=O) groups excluding carboxylic acids is 2. The summed E-state index contributed by atoms with van der Waals surface area (Å²) >= 11 is 0. The van der Waals surface area contributed by atoms with Crippen molar-refractivity contribution < 1.29 is 19.8 Å². The van der Waals surface area contributed by atoms with E-state index >= 15 is 0 Å². The number of anilines is 1. The van der Waals surface area contributed by atoms with Gasteiger partial charge in [-0.2, -0.15) is 9.78 Å². The highest BCUT2D eigenvalue weighted by Gasteiger charge is 2.52. The second kappa shape index (κ2) is 14.0. The maximum Gasteiger partial charge on any atom is 0.279 e. The van der Waals surface area contributed by atoms with Crippen LogP contribution in [0.5, 0.6) is 0 Å². The summed E-state index contributed by atoms with van der Waals surface area (Å²) in [5.74, 6) is -1.25. The first-order valence-electron chi connectivity index (χ1n) is 16.1. The molecule has 3 aromatic rings. The number of allylic oxidation sites excluding steroid dienone is 3. The van der Waals surface area contributed by atoms with E-state index in [1.807, 2.05) is 25.1 Å². The first kappa shape index (κ1) is 33.0. The SMILES string of the molecule is CC(C)=CCC/C(C)=C/CN1C(=O)[C@](O)([C@H](C)/C=C/CC(=O)N2CCC[C@H]2CO)c2cc(-n3ncc4ccccc4c3=O)ccc21. The van der Waals surface area contributed by atoms with Crippen LogP contribution in [0.4, 0.5) is 5.69 Å². The molecule has 2 aliphatic rings. The Balaban J connectivity index is 1.48. The molecule has 242 valence electrons. The number of carbonyl (C=O) groups is 2. The van der Waals surface area contributed by atoms with Crippen LogP contribution < -0.4 is 10.5 Å². The fraction of sp³-hybridized carbons (Fsp3) is 0.405. The molecular formula is C37H44N4O5. The molecule has 2 amide bonds. The summed E-state index contributed by atoms with van der Waals surface area (Å²) in [6, 6.07) is 12.2. The van der Waals surface area contributed by atoms with Gasteiger partial charge in [0.05, 0.1) is 35.6 Å². The van der Waals surface area contributed by atoms with Crippen molar-refractivity contribution in [3.63, 3.8) is 0 Å². The molecule has 5 rings (SSSR count). The Morgan fingerprint density at radius 2 is 1.91 bits per heavy atom. The van der Waals surface area contributed by atoms with Crippen LogP contribution in [0.15, 0.2) is 88.9 Å². The number of aliphatic hydroxyl groups excluding tert-OH is 1. The number of fused-ring (bicyclic) bond motifs is 2. The second-order valence-electron chi connectivity index (χ2n) is 12.7. The van der Waals surface area contributed by atoms with Gasteiger partial charge in [-0.05, 0) is 70.7 Å². The Bertz CT molecular complexity index is 1770. The third-order valence-corrected chi connectivity index (χ3v) is 9.19. The van der Waals surface area contributed by atoms with E-state index in [0.29, 0.717) is 28.9 Å². The maximum absolute atomic E-state index is 14.1. The number of likely N-dealkylation sites (tertiary alicyclic amines) is 1. The van der Waals surface area contributed by atoms with Gasteiger partial charge in [0.15, 0.2) is 5.60 Å². The summed E-state index contributed by atoms with van der Waals surface area (Å²) in [7, 11) is 0. The van der Waals surface area contributed by atoms with E-state index in [1.54, 1.807) is 65.4 Å². The van der Waals surface area contributed by atoms with Crippen molar-refractivity contribution in [3.05, 3.63) is 100 Å². The first-order valence-corrected chi connectivity index (χ1v) is 16.1. The number of amides is 2. The fourth-order valence-corrected chi connectivity index (χ4v) is 6.44. The topological polar surface area (TPSA) is 116 Å². The van der Waals surface area contributed by atoms with E-state index in [9.17, 15) is 24.6 Å². The Morgan fingerprint density at radius 3 is 2.67 bits per heavy atom. The summed E-state index contributed by atoms with van der Waals surface area (Å²) in [5.41, 5.74) is 1.55. The molecule has 1 fully saturated rings. The second-order valence-corrected chi connectivity index (χ2v) is 12.7. The standard InChI is InChI=1S/C37H44N4O5/c1-25(2)10-7-11-26(3)19-21-40-33-18-17-29(41-35(44)31-15-6-5-13-28(31)23-38-41)22-32(33)37(46,36(40)45)27(4)12-8-16-34(43)39-20-9-14-30(39)24-42/h5-6,8,10,12-13,15,17-19,22-23,27,30,42,46H,7,9,11,14,16,20-21,24H2,1-4H3/b12-8+,26-19+/t27-,30+,37+/m1/s1. The molecule has 0 bridgehead atoms. The lowest BCUT2D eigenvalue weighted by Gasteiger charge is -2.28. The molecule has 0 unspecified atom stereocenters. The predicted molar refractivity (Wildman–Crippen MR) is 181 cm³/mol. The lowest BCUT2D eigenvalue weighted by molar-refractivity contribution is -0.139. The van der Waals surface area contributed by atoms with Crippen LogP contribution in [-0.2, 0) is 15.2 Å². The Morgan fingerprint density at radius 1 is 1.13 bits per heavy atom. The monoisotopic (exact) mass is 624 g/mol. The van der Waals surface area contributed by atoms with Gasteiger partial charge in [0.2, 0.25) is 5.91 Å². The number of rotatable bonds is 11. The molecule has 0 aliphatic carbocycles. The quantitative estimate of drug-likeness (QED) is 0.284. The van der Waals surface area contributed by atoms with Crippen LogP contribution in [0.3, 0.4) is 0 Å². The number of hydrogen-bond acceptors (Lipinski definition) is 6. The first-order chi connectivity index (χ1) is 22.1. The number of aliphatic hydroxyl groups is 2. The fourth-order valence-electron chi connectivity index (χ4n) is 6.44. The zero-order chi connectivity index (χ0) is 33.0. The molecule has 0 spiro atoms. The van der Waals surface area contributed by atoms with Gasteiger partial charge in [0, 0.05) is 36.4 Å². The minimum atomic E-state index is -1.93. The lowest BCUT2D eigenvalue weighted by atomic mass is 9.82. The van der Waals surface area contributed by atoms with Crippen molar-refractivity contribution in [1.29, 1.82) is 0 Å². The molecule has 1 aromatic heterocycles. The van der Waals surface area contributed by atoms with Crippen LogP contribution in [0, 0.1) is 5.92 Å². The van der Waals surface area contributed by atoms with Crippen LogP contribution in [0.1, 0.15) is 65.4 Å². The van der Waals surface area contributed by atoms with Crippen molar-refractivity contribution in [2.24, 2.45) is 5.92 Å². The summed E-state index contributed by atoms with van der Waals surface area (Å²) in [5, 5.41) is 27.5. The summed E-state index contributed by atoms with van der Waals surface area (Å²) in [6.07, 6.45) is 12.7. The number of benzene rings is 2. The van der Waals surface area contributed by atoms with Gasteiger partial charge in [-0.3, -0.25) is 14.4 Å². The number of hydrogen-bond donors (Lipinski definition) is 2. The van der Waals surface area contributed by atoms with Crippen molar-refractivity contribution in [3.8, 4) is 5.69 Å². The van der Waals surface area contributed by atoms with Gasteiger partial charge in [-0.1, -0.05) is 60.6 Å². The minimum Gasteiger partial charge on any atom is -0.394 e. The molecule has 2 aliphatic heterocycles. The molecule has 0 saturated carbocycles. The highest BCUT2D eigenvalue weighted by atomic mass is 16.3. The molecule has 2 aromatic carbocycles. The van der Waals surface area contributed by atoms with Crippen molar-refractivity contribution >= 4 is 28.3 Å². The van der Waals surface area contributed by atoms with Gasteiger partial charge in [-0.15, -0.1) is 0 Å². The van der Waals surface area contributed by atoms with Crippen molar-refractivity contribution in [1.82, 2.24) is 14.7 Å². The average molecular weight is 625 g/mol. The van der Waals surface area contributed by atoms with Crippen LogP contribution in [0.2, 0.25) is 0 Å². The molecule has 9 heteroatoms. The molecule has 3 atom stereocenters. The van der Waals surface area contributed by atoms with Gasteiger partial charge in [0.25, 0.3) is 11.5 Å². The summed E-state index contributed by atoms with van der Waals surface area (Å²) in [4.78, 5) is 43.7. The highest BCUT2D eigenvalue weighted by molar-refractivity contribution is 6.07. The third kappa shape index (κ3) is 6.48. The number of aromatic nitrogens is 2. The van der Waals surface area contributed by atoms with Gasteiger partial charge < -0.3 is 20.0 Å². The molecule has 46 heavy (non-hydrogen) atoms. The van der Waals surface area contributed by atoms with Crippen molar-refractivity contribution in [2.75, 3.05) is 24.6 Å². The normalized spacial score (nSPS) is 20.5. The molecule has 0 radical (unpaired) electrons. The van der Waals surface area contributed by atoms with Gasteiger partial charge in [-0.25, -0.2) is 0 Å². The molecular weight excluding hydrogens is 580 g/mol. The largest absolute Gasteiger partial charge is 0.394 e. The summed E-state index contributed by atoms with van der Waals surface area (Å²) < 4.78 is 1.29. The summed E-state index contributed by atoms with van der Waals surface area (Å²) in [6.45, 7) is 8.77. The highest BCUT2D eigenvalue weighted by Crippen LogP contribution is 2.46. The van der Waals surface area contributed by atoms with E-state index in [1.165, 1.54) is 10.3 Å². The zero-order valence-corrected chi connectivity index (χ0v) is 27.1. The van der Waals surface area contributed by atoms with E-state index in [-0.39, 0.29) is 37.1 Å². The van der Waals surface area contributed by atoms with E-state index in [2.05, 4.69) is 25.0 Å². The van der Waals surface area contributed by atoms with Crippen LogP contribution in [0.25, 0.3) is 16.5 Å². The zero-order valence-electron chi connectivity index (χ0n) is 27.1. The van der Waals surface area contributed by atoms with Crippen molar-refractivity contribution in [2.45, 2.75) is 71.4 Å². The van der Waals surface area contributed by atoms with E-state index in [0.717, 1.165) is 36.6 Å². The molecule has 9 nitrogen and oxygen atoms in total. The molecule has 3 heterocycles. The Labute approximate surface area is 270 Å². The third-order valence-electron chi connectivity index (χ3n) is 9.19. The van der Waals surface area contributed by atoms with Crippen LogP contribution >= 0.6 is 0 Å². The van der Waals surface area contributed by atoms with Crippen LogP contribution in [-0.4, -0.2) is 62.4 Å². The average Bonchev–Trinajstić information content (AvgIpc) is 3.61. The number of nitrogens with zero attached hydrogens (tertiary/aromatic N) is 4. The predicted octanol–water partition coefficient (Wildman–Crippen LogP) is 5.18. The van der Waals surface area contributed by atoms with Gasteiger partial charge >= 0.3 is 0 Å². The lowest BCUT2D eigenvalue weighted by Crippen LogP contribution is -2.44. The maximum atomic E-state index is 14.1. The molecule has 1 saturated heterocycles. The Kier molecular flexibility index (Phi) is 10.0.